The number of nitrogens with zero attached hydrogens (tertiary/aromatic N) is 2. The Morgan fingerprint density at radius 3 is 1.72 bits per heavy atom. The lowest BCUT2D eigenvalue weighted by molar-refractivity contribution is -0.134. The van der Waals surface area contributed by atoms with Gasteiger partial charge in [0.1, 0.15) is 0 Å². The third-order valence-corrected chi connectivity index (χ3v) is 4.21. The second-order valence-corrected chi connectivity index (χ2v) is 6.07. The van der Waals surface area contributed by atoms with Crippen LogP contribution < -0.4 is 0 Å². The van der Waals surface area contributed by atoms with Gasteiger partial charge in [0.05, 0.1) is 0 Å². The molecule has 2 rings (SSSR count). The van der Waals surface area contributed by atoms with Crippen molar-refractivity contribution >= 4 is 11.8 Å². The zero-order valence-corrected chi connectivity index (χ0v) is 15.0. The molecule has 0 aliphatic heterocycles. The fraction of sp³-hybridized carbons (Fsp3) is 0.333. The molecule has 2 amide bonds. The molecule has 0 N–H and O–H groups in total. The van der Waals surface area contributed by atoms with Crippen molar-refractivity contribution in [2.45, 2.75) is 33.4 Å². The summed E-state index contributed by atoms with van der Waals surface area (Å²) in [6.07, 6.45) is 0.340. The standard InChI is InChI=1S/C21H26N2O2/c1-3-22(16-19-10-6-4-7-11-19)21(25)14-15-23(18(2)24)17-20-12-8-5-9-13-20/h4-13H,3,14-17H2,1-2H3. The first kappa shape index (κ1) is 18.7. The Hall–Kier alpha value is -2.62. The fourth-order valence-electron chi connectivity index (χ4n) is 2.72. The molecule has 0 heterocycles. The molecule has 4 heteroatoms. The molecule has 0 unspecified atom stereocenters. The fourth-order valence-corrected chi connectivity index (χ4v) is 2.72. The van der Waals surface area contributed by atoms with Crippen LogP contribution >= 0.6 is 0 Å². The molecule has 0 spiro atoms. The van der Waals surface area contributed by atoms with E-state index in [0.29, 0.717) is 32.6 Å². The number of benzene rings is 2. The molecule has 2 aromatic rings. The van der Waals surface area contributed by atoms with Gasteiger partial charge in [0.15, 0.2) is 0 Å². The number of amides is 2. The molecule has 132 valence electrons. The third-order valence-electron chi connectivity index (χ3n) is 4.21. The van der Waals surface area contributed by atoms with Gasteiger partial charge in [0.2, 0.25) is 11.8 Å². The van der Waals surface area contributed by atoms with E-state index < -0.39 is 0 Å². The van der Waals surface area contributed by atoms with Crippen molar-refractivity contribution < 1.29 is 9.59 Å². The predicted molar refractivity (Wildman–Crippen MR) is 99.7 cm³/mol. The van der Waals surface area contributed by atoms with Gasteiger partial charge in [-0.05, 0) is 18.1 Å². The van der Waals surface area contributed by atoms with Gasteiger partial charge < -0.3 is 9.80 Å². The van der Waals surface area contributed by atoms with Crippen LogP contribution in [0.4, 0.5) is 0 Å². The van der Waals surface area contributed by atoms with E-state index in [9.17, 15) is 9.59 Å². The Labute approximate surface area is 150 Å². The van der Waals surface area contributed by atoms with E-state index in [0.717, 1.165) is 11.1 Å². The molecule has 0 saturated heterocycles. The summed E-state index contributed by atoms with van der Waals surface area (Å²) in [6, 6.07) is 19.8. The van der Waals surface area contributed by atoms with E-state index in [4.69, 9.17) is 0 Å². The molecule has 0 bridgehead atoms. The highest BCUT2D eigenvalue weighted by atomic mass is 16.2. The molecule has 4 nitrogen and oxygen atoms in total. The minimum atomic E-state index is -0.0113. The van der Waals surface area contributed by atoms with E-state index in [-0.39, 0.29) is 11.8 Å². The highest BCUT2D eigenvalue weighted by Gasteiger charge is 2.16. The van der Waals surface area contributed by atoms with E-state index in [1.54, 1.807) is 11.8 Å². The lowest BCUT2D eigenvalue weighted by Crippen LogP contribution is -2.35. The maximum absolute atomic E-state index is 12.5. The number of carbonyl (C=O) groups is 2. The summed E-state index contributed by atoms with van der Waals surface area (Å²) in [6.45, 7) is 5.77. The van der Waals surface area contributed by atoms with Crippen LogP contribution in [-0.2, 0) is 22.7 Å². The van der Waals surface area contributed by atoms with Gasteiger partial charge in [-0.25, -0.2) is 0 Å². The van der Waals surface area contributed by atoms with Gasteiger partial charge in [-0.3, -0.25) is 9.59 Å². The topological polar surface area (TPSA) is 40.6 Å². The summed E-state index contributed by atoms with van der Waals surface area (Å²) in [7, 11) is 0. The number of carbonyl (C=O) groups excluding carboxylic acids is 2. The van der Waals surface area contributed by atoms with E-state index in [1.807, 2.05) is 72.5 Å². The molecule has 0 aliphatic carbocycles. The highest BCUT2D eigenvalue weighted by molar-refractivity contribution is 5.78. The Morgan fingerprint density at radius 1 is 0.800 bits per heavy atom. The molecule has 25 heavy (non-hydrogen) atoms. The first-order chi connectivity index (χ1) is 12.1. The molecule has 0 atom stereocenters. The maximum Gasteiger partial charge on any atom is 0.224 e. The highest BCUT2D eigenvalue weighted by Crippen LogP contribution is 2.09. The zero-order valence-electron chi connectivity index (χ0n) is 15.0. The zero-order chi connectivity index (χ0) is 18.1. The number of hydrogen-bond acceptors (Lipinski definition) is 2. The van der Waals surface area contributed by atoms with E-state index >= 15 is 0 Å². The average Bonchev–Trinajstić information content (AvgIpc) is 2.64. The molecular formula is C21H26N2O2. The second kappa shape index (κ2) is 9.62. The van der Waals surface area contributed by atoms with Gasteiger partial charge in [0, 0.05) is 39.5 Å². The maximum atomic E-state index is 12.5. The van der Waals surface area contributed by atoms with E-state index in [1.165, 1.54) is 0 Å². The van der Waals surface area contributed by atoms with Crippen LogP contribution in [0.1, 0.15) is 31.4 Å². The van der Waals surface area contributed by atoms with Crippen LogP contribution in [0.2, 0.25) is 0 Å². The lowest BCUT2D eigenvalue weighted by Gasteiger charge is -2.25. The van der Waals surface area contributed by atoms with Gasteiger partial charge in [-0.15, -0.1) is 0 Å². The molecule has 0 aromatic heterocycles. The second-order valence-electron chi connectivity index (χ2n) is 6.07. The van der Waals surface area contributed by atoms with Crippen molar-refractivity contribution in [3.63, 3.8) is 0 Å². The molecule has 0 fully saturated rings. The van der Waals surface area contributed by atoms with Crippen LogP contribution in [0.3, 0.4) is 0 Å². The Morgan fingerprint density at radius 2 is 1.28 bits per heavy atom. The van der Waals surface area contributed by atoms with E-state index in [2.05, 4.69) is 0 Å². The molecular weight excluding hydrogens is 312 g/mol. The van der Waals surface area contributed by atoms with Crippen molar-refractivity contribution in [3.05, 3.63) is 71.8 Å². The largest absolute Gasteiger partial charge is 0.339 e. The normalized spacial score (nSPS) is 10.3. The number of rotatable bonds is 8. The molecule has 0 radical (unpaired) electrons. The molecule has 0 saturated carbocycles. The monoisotopic (exact) mass is 338 g/mol. The summed E-state index contributed by atoms with van der Waals surface area (Å²) < 4.78 is 0. The summed E-state index contributed by atoms with van der Waals surface area (Å²) in [5.41, 5.74) is 2.19. The predicted octanol–water partition coefficient (Wildman–Crippen LogP) is 3.47. The van der Waals surface area contributed by atoms with Gasteiger partial charge >= 0.3 is 0 Å². The Bertz CT molecular complexity index is 671. The van der Waals surface area contributed by atoms with Crippen molar-refractivity contribution in [2.75, 3.05) is 13.1 Å². The first-order valence-electron chi connectivity index (χ1n) is 8.71. The minimum Gasteiger partial charge on any atom is -0.339 e. The summed E-state index contributed by atoms with van der Waals surface area (Å²) in [5.74, 6) is 0.0634. The quantitative estimate of drug-likeness (QED) is 0.739. The van der Waals surface area contributed by atoms with Crippen LogP contribution in [0, 0.1) is 0 Å². The number of hydrogen-bond donors (Lipinski definition) is 0. The summed E-state index contributed by atoms with van der Waals surface area (Å²) >= 11 is 0. The Balaban J connectivity index is 1.91. The molecule has 2 aromatic carbocycles. The van der Waals surface area contributed by atoms with Gasteiger partial charge in [0.25, 0.3) is 0 Å². The average molecular weight is 338 g/mol. The van der Waals surface area contributed by atoms with Crippen LogP contribution in [0.15, 0.2) is 60.7 Å². The summed E-state index contributed by atoms with van der Waals surface area (Å²) in [5, 5.41) is 0. The molecule has 0 aliphatic rings. The van der Waals surface area contributed by atoms with Gasteiger partial charge in [-0.1, -0.05) is 60.7 Å². The van der Waals surface area contributed by atoms with Crippen LogP contribution in [0.5, 0.6) is 0 Å². The van der Waals surface area contributed by atoms with Crippen molar-refractivity contribution in [3.8, 4) is 0 Å². The SMILES string of the molecule is CCN(Cc1ccccc1)C(=O)CCN(Cc1ccccc1)C(C)=O. The van der Waals surface area contributed by atoms with Crippen molar-refractivity contribution in [1.82, 2.24) is 9.80 Å². The third kappa shape index (κ3) is 6.07. The summed E-state index contributed by atoms with van der Waals surface area (Å²) in [4.78, 5) is 28.0. The first-order valence-corrected chi connectivity index (χ1v) is 8.71. The lowest BCUT2D eigenvalue weighted by atomic mass is 10.2. The smallest absolute Gasteiger partial charge is 0.224 e. The minimum absolute atomic E-state index is 0.0113. The van der Waals surface area contributed by atoms with Crippen molar-refractivity contribution in [2.24, 2.45) is 0 Å². The van der Waals surface area contributed by atoms with Crippen LogP contribution in [0.25, 0.3) is 0 Å². The van der Waals surface area contributed by atoms with Crippen LogP contribution in [-0.4, -0.2) is 34.7 Å². The Kier molecular flexibility index (Phi) is 7.20. The van der Waals surface area contributed by atoms with Gasteiger partial charge in [-0.2, -0.15) is 0 Å². The van der Waals surface area contributed by atoms with Crippen molar-refractivity contribution in [1.29, 1.82) is 0 Å².